The lowest BCUT2D eigenvalue weighted by Crippen LogP contribution is -2.13. The summed E-state index contributed by atoms with van der Waals surface area (Å²) >= 11 is 0. The van der Waals surface area contributed by atoms with Crippen molar-refractivity contribution in [1.29, 1.82) is 0 Å². The summed E-state index contributed by atoms with van der Waals surface area (Å²) in [7, 11) is 0. The van der Waals surface area contributed by atoms with Gasteiger partial charge in [0.2, 0.25) is 0 Å². The van der Waals surface area contributed by atoms with Crippen LogP contribution in [0.2, 0.25) is 0 Å². The Labute approximate surface area is 134 Å². The summed E-state index contributed by atoms with van der Waals surface area (Å²) < 4.78 is 39.6. The van der Waals surface area contributed by atoms with E-state index in [1.807, 2.05) is 5.10 Å². The van der Waals surface area contributed by atoms with Crippen LogP contribution in [-0.4, -0.2) is 21.1 Å². The van der Waals surface area contributed by atoms with Gasteiger partial charge in [0, 0.05) is 18.0 Å². The van der Waals surface area contributed by atoms with E-state index in [9.17, 15) is 18.0 Å². The Balaban J connectivity index is 2.03. The number of aromatic nitrogens is 3. The van der Waals surface area contributed by atoms with Crippen molar-refractivity contribution in [2.75, 3.05) is 5.32 Å². The standard InChI is InChI=1S/C16H11F3N4O/c17-16(18,19)13-12(10-4-2-1-3-5-10)14(23-22-13)21-15(24)11-6-8-20-9-7-11/h1-9H,(H2,21,22,23,24). The highest BCUT2D eigenvalue weighted by Gasteiger charge is 2.38. The molecule has 0 unspecified atom stereocenters. The van der Waals surface area contributed by atoms with Gasteiger partial charge in [0.05, 0.1) is 5.56 Å². The molecule has 2 N–H and O–H groups in total. The van der Waals surface area contributed by atoms with Crippen LogP contribution in [0.1, 0.15) is 16.1 Å². The quantitative estimate of drug-likeness (QED) is 0.767. The zero-order chi connectivity index (χ0) is 17.2. The molecule has 0 radical (unpaired) electrons. The normalized spacial score (nSPS) is 11.3. The third kappa shape index (κ3) is 3.12. The maximum absolute atomic E-state index is 13.2. The monoisotopic (exact) mass is 332 g/mol. The second kappa shape index (κ2) is 6.15. The average molecular weight is 332 g/mol. The van der Waals surface area contributed by atoms with Gasteiger partial charge >= 0.3 is 6.18 Å². The lowest BCUT2D eigenvalue weighted by atomic mass is 10.0. The summed E-state index contributed by atoms with van der Waals surface area (Å²) in [5.74, 6) is -0.759. The number of carbonyl (C=O) groups is 1. The Morgan fingerprint density at radius 3 is 2.33 bits per heavy atom. The first kappa shape index (κ1) is 15.7. The molecule has 5 nitrogen and oxygen atoms in total. The SMILES string of the molecule is O=C(Nc1n[nH]c(C(F)(F)F)c1-c1ccccc1)c1ccncc1. The van der Waals surface area contributed by atoms with Crippen molar-refractivity contribution in [2.24, 2.45) is 0 Å². The summed E-state index contributed by atoms with van der Waals surface area (Å²) in [5, 5.41) is 8.01. The molecule has 1 aromatic carbocycles. The van der Waals surface area contributed by atoms with E-state index in [1.54, 1.807) is 18.2 Å². The summed E-state index contributed by atoms with van der Waals surface area (Å²) in [4.78, 5) is 16.0. The van der Waals surface area contributed by atoms with Crippen molar-refractivity contribution in [3.63, 3.8) is 0 Å². The number of anilines is 1. The average Bonchev–Trinajstić information content (AvgIpc) is 3.00. The number of amides is 1. The van der Waals surface area contributed by atoms with Crippen LogP contribution in [0.4, 0.5) is 19.0 Å². The minimum atomic E-state index is -4.63. The van der Waals surface area contributed by atoms with E-state index in [4.69, 9.17) is 0 Å². The van der Waals surface area contributed by atoms with Crippen LogP contribution in [0.25, 0.3) is 11.1 Å². The molecule has 3 rings (SSSR count). The lowest BCUT2D eigenvalue weighted by molar-refractivity contribution is -0.140. The number of H-pyrrole nitrogens is 1. The number of halogens is 3. The van der Waals surface area contributed by atoms with Gasteiger partial charge in [-0.05, 0) is 17.7 Å². The number of benzene rings is 1. The highest BCUT2D eigenvalue weighted by Crippen LogP contribution is 2.39. The molecule has 0 saturated heterocycles. The number of pyridine rings is 1. The van der Waals surface area contributed by atoms with Gasteiger partial charge in [-0.25, -0.2) is 0 Å². The fraction of sp³-hybridized carbons (Fsp3) is 0.0625. The van der Waals surface area contributed by atoms with E-state index in [2.05, 4.69) is 15.4 Å². The third-order valence-electron chi connectivity index (χ3n) is 3.29. The molecule has 0 bridgehead atoms. The van der Waals surface area contributed by atoms with Crippen LogP contribution in [0.3, 0.4) is 0 Å². The van der Waals surface area contributed by atoms with Gasteiger partial charge in [0.1, 0.15) is 5.69 Å². The van der Waals surface area contributed by atoms with Crippen molar-refractivity contribution in [1.82, 2.24) is 15.2 Å². The topological polar surface area (TPSA) is 70.7 Å². The highest BCUT2D eigenvalue weighted by atomic mass is 19.4. The van der Waals surface area contributed by atoms with Gasteiger partial charge in [-0.3, -0.25) is 14.9 Å². The molecule has 2 aromatic heterocycles. The number of hydrogen-bond acceptors (Lipinski definition) is 3. The van der Waals surface area contributed by atoms with E-state index in [0.29, 0.717) is 5.56 Å². The largest absolute Gasteiger partial charge is 0.433 e. The van der Waals surface area contributed by atoms with Crippen molar-refractivity contribution in [3.8, 4) is 11.1 Å². The number of nitrogens with one attached hydrogen (secondary N) is 2. The molecule has 0 saturated carbocycles. The minimum Gasteiger partial charge on any atom is -0.305 e. The van der Waals surface area contributed by atoms with Gasteiger partial charge in [-0.15, -0.1) is 0 Å². The zero-order valence-corrected chi connectivity index (χ0v) is 12.1. The van der Waals surface area contributed by atoms with Crippen LogP contribution >= 0.6 is 0 Å². The molecule has 0 atom stereocenters. The molecular weight excluding hydrogens is 321 g/mol. The molecule has 0 aliphatic carbocycles. The maximum Gasteiger partial charge on any atom is 0.433 e. The van der Waals surface area contributed by atoms with Crippen molar-refractivity contribution in [3.05, 3.63) is 66.1 Å². The number of rotatable bonds is 3. The van der Waals surface area contributed by atoms with Crippen molar-refractivity contribution >= 4 is 11.7 Å². The molecule has 0 spiro atoms. The Kier molecular flexibility index (Phi) is 4.03. The lowest BCUT2D eigenvalue weighted by Gasteiger charge is -2.09. The molecule has 0 aliphatic rings. The summed E-state index contributed by atoms with van der Waals surface area (Å²) in [6, 6.07) is 10.8. The van der Waals surface area contributed by atoms with E-state index < -0.39 is 17.8 Å². The first-order valence-electron chi connectivity index (χ1n) is 6.89. The number of hydrogen-bond donors (Lipinski definition) is 2. The van der Waals surface area contributed by atoms with E-state index in [0.717, 1.165) is 0 Å². The van der Waals surface area contributed by atoms with Gasteiger partial charge in [-0.2, -0.15) is 18.3 Å². The molecule has 0 fully saturated rings. The van der Waals surface area contributed by atoms with Crippen LogP contribution in [0.15, 0.2) is 54.9 Å². The minimum absolute atomic E-state index is 0.185. The van der Waals surface area contributed by atoms with E-state index in [-0.39, 0.29) is 16.9 Å². The predicted octanol–water partition coefficient (Wildman–Crippen LogP) is 3.74. The smallest absolute Gasteiger partial charge is 0.305 e. The van der Waals surface area contributed by atoms with Gasteiger partial charge in [0.15, 0.2) is 5.82 Å². The number of nitrogens with zero attached hydrogens (tertiary/aromatic N) is 2. The Hall–Kier alpha value is -3.16. The van der Waals surface area contributed by atoms with Crippen LogP contribution in [0, 0.1) is 0 Å². The first-order chi connectivity index (χ1) is 11.5. The molecule has 122 valence electrons. The van der Waals surface area contributed by atoms with Gasteiger partial charge in [-0.1, -0.05) is 30.3 Å². The molecule has 8 heteroatoms. The molecular formula is C16H11F3N4O. The fourth-order valence-electron chi connectivity index (χ4n) is 2.21. The third-order valence-corrected chi connectivity index (χ3v) is 3.29. The molecule has 0 aliphatic heterocycles. The predicted molar refractivity (Wildman–Crippen MR) is 81.2 cm³/mol. The van der Waals surface area contributed by atoms with Crippen molar-refractivity contribution in [2.45, 2.75) is 6.18 Å². The summed E-state index contributed by atoms with van der Waals surface area (Å²) in [6.07, 6.45) is -1.80. The van der Waals surface area contributed by atoms with E-state index >= 15 is 0 Å². The summed E-state index contributed by atoms with van der Waals surface area (Å²) in [5.41, 5.74) is -0.659. The number of aromatic amines is 1. The van der Waals surface area contributed by atoms with Gasteiger partial charge < -0.3 is 5.32 Å². The molecule has 24 heavy (non-hydrogen) atoms. The van der Waals surface area contributed by atoms with E-state index in [1.165, 1.54) is 36.7 Å². The molecule has 2 heterocycles. The Bertz CT molecular complexity index is 845. The van der Waals surface area contributed by atoms with Crippen LogP contribution < -0.4 is 5.32 Å². The number of alkyl halides is 3. The first-order valence-corrected chi connectivity index (χ1v) is 6.89. The molecule has 1 amide bonds. The number of carbonyl (C=O) groups excluding carboxylic acids is 1. The Morgan fingerprint density at radius 2 is 1.71 bits per heavy atom. The summed E-state index contributed by atoms with van der Waals surface area (Å²) in [6.45, 7) is 0. The molecule has 3 aromatic rings. The van der Waals surface area contributed by atoms with Crippen LogP contribution in [0.5, 0.6) is 0 Å². The van der Waals surface area contributed by atoms with Crippen molar-refractivity contribution < 1.29 is 18.0 Å². The fourth-order valence-corrected chi connectivity index (χ4v) is 2.21. The Morgan fingerprint density at radius 1 is 1.04 bits per heavy atom. The zero-order valence-electron chi connectivity index (χ0n) is 12.1. The van der Waals surface area contributed by atoms with Gasteiger partial charge in [0.25, 0.3) is 5.91 Å². The maximum atomic E-state index is 13.2. The highest BCUT2D eigenvalue weighted by molar-refractivity contribution is 6.05. The van der Waals surface area contributed by atoms with Crippen LogP contribution in [-0.2, 0) is 6.18 Å². The second-order valence-electron chi connectivity index (χ2n) is 4.88. The second-order valence-corrected chi connectivity index (χ2v) is 4.88.